The van der Waals surface area contributed by atoms with Crippen LogP contribution < -0.4 is 10.2 Å². The van der Waals surface area contributed by atoms with Crippen LogP contribution in [0.25, 0.3) is 0 Å². The number of nitrogens with one attached hydrogen (secondary N) is 1. The van der Waals surface area contributed by atoms with E-state index in [1.165, 1.54) is 5.56 Å². The third-order valence-corrected chi connectivity index (χ3v) is 5.77. The SMILES string of the molecule is Cc1cccc(N2C(=S)N[C@H](c3ccccn3)[C@H]2c2cccn2Cc2ccco2)c1. The highest BCUT2D eigenvalue weighted by Crippen LogP contribution is 2.41. The van der Waals surface area contributed by atoms with E-state index in [9.17, 15) is 0 Å². The van der Waals surface area contributed by atoms with Crippen molar-refractivity contribution in [2.24, 2.45) is 0 Å². The van der Waals surface area contributed by atoms with Gasteiger partial charge in [-0.25, -0.2) is 0 Å². The molecule has 3 aromatic heterocycles. The largest absolute Gasteiger partial charge is 0.467 e. The van der Waals surface area contributed by atoms with Gasteiger partial charge in [0.25, 0.3) is 0 Å². The van der Waals surface area contributed by atoms with Gasteiger partial charge in [0.05, 0.1) is 24.5 Å². The van der Waals surface area contributed by atoms with Crippen LogP contribution in [0.5, 0.6) is 0 Å². The summed E-state index contributed by atoms with van der Waals surface area (Å²) in [4.78, 5) is 6.83. The highest BCUT2D eigenvalue weighted by molar-refractivity contribution is 7.80. The molecule has 0 amide bonds. The molecule has 6 heteroatoms. The Labute approximate surface area is 181 Å². The number of aromatic nitrogens is 2. The van der Waals surface area contributed by atoms with Gasteiger partial charge in [-0.3, -0.25) is 4.98 Å². The van der Waals surface area contributed by atoms with Gasteiger partial charge in [0.2, 0.25) is 0 Å². The third kappa shape index (κ3) is 3.39. The fraction of sp³-hybridized carbons (Fsp3) is 0.167. The van der Waals surface area contributed by atoms with Crippen LogP contribution in [0.1, 0.15) is 34.8 Å². The van der Waals surface area contributed by atoms with Crippen LogP contribution >= 0.6 is 12.2 Å². The zero-order valence-corrected chi connectivity index (χ0v) is 17.4. The van der Waals surface area contributed by atoms with E-state index < -0.39 is 0 Å². The lowest BCUT2D eigenvalue weighted by atomic mass is 10.0. The molecule has 0 bridgehead atoms. The highest BCUT2D eigenvalue weighted by atomic mass is 32.1. The lowest BCUT2D eigenvalue weighted by Gasteiger charge is -2.29. The second-order valence-electron chi connectivity index (χ2n) is 7.48. The van der Waals surface area contributed by atoms with Crippen molar-refractivity contribution in [1.29, 1.82) is 0 Å². The average Bonchev–Trinajstić information content (AvgIpc) is 3.49. The number of hydrogen-bond donors (Lipinski definition) is 1. The molecular formula is C24H22N4OS. The van der Waals surface area contributed by atoms with Gasteiger partial charge in [0, 0.05) is 23.8 Å². The molecule has 2 atom stereocenters. The second-order valence-corrected chi connectivity index (χ2v) is 7.86. The Balaban J connectivity index is 1.62. The van der Waals surface area contributed by atoms with Gasteiger partial charge in [-0.1, -0.05) is 18.2 Å². The van der Waals surface area contributed by atoms with Gasteiger partial charge < -0.3 is 19.2 Å². The molecule has 4 aromatic rings. The first-order valence-corrected chi connectivity index (χ1v) is 10.4. The molecule has 1 N–H and O–H groups in total. The smallest absolute Gasteiger partial charge is 0.174 e. The highest BCUT2D eigenvalue weighted by Gasteiger charge is 2.42. The Kier molecular flexibility index (Phi) is 4.85. The number of anilines is 1. The summed E-state index contributed by atoms with van der Waals surface area (Å²) in [5, 5.41) is 4.22. The van der Waals surface area contributed by atoms with Crippen molar-refractivity contribution in [2.45, 2.75) is 25.6 Å². The maximum atomic E-state index is 5.81. The Morgan fingerprint density at radius 3 is 2.77 bits per heavy atom. The summed E-state index contributed by atoms with van der Waals surface area (Å²) in [7, 11) is 0. The Morgan fingerprint density at radius 1 is 1.07 bits per heavy atom. The minimum absolute atomic E-state index is 0.0424. The van der Waals surface area contributed by atoms with Crippen LogP contribution in [0.15, 0.2) is 89.8 Å². The maximum Gasteiger partial charge on any atom is 0.174 e. The lowest BCUT2D eigenvalue weighted by molar-refractivity contribution is 0.475. The number of benzene rings is 1. The number of rotatable bonds is 5. The number of pyridine rings is 1. The van der Waals surface area contributed by atoms with Crippen LogP contribution in [0, 0.1) is 6.92 Å². The van der Waals surface area contributed by atoms with E-state index in [1.807, 2.05) is 36.5 Å². The molecule has 30 heavy (non-hydrogen) atoms. The zero-order valence-electron chi connectivity index (χ0n) is 16.6. The molecule has 0 spiro atoms. The number of nitrogens with zero attached hydrogens (tertiary/aromatic N) is 3. The molecular weight excluding hydrogens is 392 g/mol. The topological polar surface area (TPSA) is 46.2 Å². The van der Waals surface area contributed by atoms with Crippen LogP contribution in [0.2, 0.25) is 0 Å². The summed E-state index contributed by atoms with van der Waals surface area (Å²) in [6, 6.07) is 22.5. The van der Waals surface area contributed by atoms with E-state index in [4.69, 9.17) is 16.6 Å². The van der Waals surface area contributed by atoms with Crippen LogP contribution in [-0.4, -0.2) is 14.7 Å². The molecule has 1 aromatic carbocycles. The molecule has 0 unspecified atom stereocenters. The van der Waals surface area contributed by atoms with Gasteiger partial charge in [-0.2, -0.15) is 0 Å². The summed E-state index contributed by atoms with van der Waals surface area (Å²) in [6.07, 6.45) is 5.62. The van der Waals surface area contributed by atoms with Crippen LogP contribution in [0.3, 0.4) is 0 Å². The number of aryl methyl sites for hydroxylation is 1. The van der Waals surface area contributed by atoms with Gasteiger partial charge in [-0.15, -0.1) is 0 Å². The Bertz CT molecular complexity index is 1150. The van der Waals surface area contributed by atoms with E-state index in [-0.39, 0.29) is 12.1 Å². The van der Waals surface area contributed by atoms with E-state index in [0.717, 1.165) is 22.8 Å². The first kappa shape index (κ1) is 18.6. The molecule has 150 valence electrons. The summed E-state index contributed by atoms with van der Waals surface area (Å²) in [5.41, 5.74) is 4.38. The monoisotopic (exact) mass is 414 g/mol. The number of furan rings is 1. The first-order valence-electron chi connectivity index (χ1n) is 9.95. The minimum atomic E-state index is -0.0653. The number of thiocarbonyl (C=S) groups is 1. The van der Waals surface area contributed by atoms with Crippen molar-refractivity contribution in [3.8, 4) is 0 Å². The van der Waals surface area contributed by atoms with E-state index >= 15 is 0 Å². The number of hydrogen-bond acceptors (Lipinski definition) is 3. The second kappa shape index (κ2) is 7.80. The van der Waals surface area contributed by atoms with Crippen molar-refractivity contribution >= 4 is 23.0 Å². The molecule has 1 saturated heterocycles. The molecule has 1 aliphatic rings. The summed E-state index contributed by atoms with van der Waals surface area (Å²) < 4.78 is 7.82. The Hall–Kier alpha value is -3.38. The first-order chi connectivity index (χ1) is 14.7. The van der Waals surface area contributed by atoms with Crippen molar-refractivity contribution in [1.82, 2.24) is 14.9 Å². The van der Waals surface area contributed by atoms with E-state index in [0.29, 0.717) is 11.7 Å². The van der Waals surface area contributed by atoms with Crippen LogP contribution in [0.4, 0.5) is 5.69 Å². The molecule has 5 nitrogen and oxygen atoms in total. The molecule has 0 saturated carbocycles. The van der Waals surface area contributed by atoms with Gasteiger partial charge in [0.15, 0.2) is 5.11 Å². The minimum Gasteiger partial charge on any atom is -0.467 e. The molecule has 0 aliphatic carbocycles. The molecule has 1 aliphatic heterocycles. The van der Waals surface area contributed by atoms with Gasteiger partial charge >= 0.3 is 0 Å². The summed E-state index contributed by atoms with van der Waals surface area (Å²) in [5.74, 6) is 0.914. The lowest BCUT2D eigenvalue weighted by Crippen LogP contribution is -2.30. The Morgan fingerprint density at radius 2 is 2.00 bits per heavy atom. The zero-order chi connectivity index (χ0) is 20.5. The van der Waals surface area contributed by atoms with E-state index in [2.05, 4.69) is 69.3 Å². The molecule has 4 heterocycles. The molecule has 0 radical (unpaired) electrons. The maximum absolute atomic E-state index is 5.81. The fourth-order valence-electron chi connectivity index (χ4n) is 4.12. The summed E-state index contributed by atoms with van der Waals surface area (Å²) >= 11 is 5.81. The predicted molar refractivity (Wildman–Crippen MR) is 121 cm³/mol. The average molecular weight is 415 g/mol. The van der Waals surface area contributed by atoms with Crippen molar-refractivity contribution in [2.75, 3.05) is 4.90 Å². The molecule has 5 rings (SSSR count). The van der Waals surface area contributed by atoms with E-state index in [1.54, 1.807) is 6.26 Å². The third-order valence-electron chi connectivity index (χ3n) is 5.45. The van der Waals surface area contributed by atoms with Crippen molar-refractivity contribution in [3.63, 3.8) is 0 Å². The quantitative estimate of drug-likeness (QED) is 0.465. The van der Waals surface area contributed by atoms with Crippen LogP contribution in [-0.2, 0) is 6.54 Å². The molecule has 1 fully saturated rings. The predicted octanol–water partition coefficient (Wildman–Crippen LogP) is 5.01. The fourth-order valence-corrected chi connectivity index (χ4v) is 4.47. The summed E-state index contributed by atoms with van der Waals surface area (Å²) in [6.45, 7) is 2.76. The van der Waals surface area contributed by atoms with Gasteiger partial charge in [-0.05, 0) is 73.2 Å². The normalized spacial score (nSPS) is 18.6. The standard InChI is InChI=1S/C24H22N4OS/c1-17-7-4-8-18(15-17)28-23(22(26-24(28)30)20-10-2-3-12-25-20)21-11-5-13-27(21)16-19-9-6-14-29-19/h2-15,22-23H,16H2,1H3,(H,26,30)/t22-,23-/m1/s1. The van der Waals surface area contributed by atoms with Crippen molar-refractivity contribution < 1.29 is 4.42 Å². The van der Waals surface area contributed by atoms with Crippen molar-refractivity contribution in [3.05, 3.63) is 108 Å². The van der Waals surface area contributed by atoms with Gasteiger partial charge in [0.1, 0.15) is 11.8 Å².